The molecule has 0 saturated carbocycles. The SMILES string of the molecule is COc1ccc(-c2nc(-c3ccc(C(F)(F)F)cc3)n(Cc3ccc(C(=O)CCCOCCOCCN)cc3)c2-c2ccc(OC)cc2F)c(F)c1. The van der Waals surface area contributed by atoms with E-state index in [0.29, 0.717) is 50.5 Å². The topological polar surface area (TPSA) is 97.8 Å². The van der Waals surface area contributed by atoms with Gasteiger partial charge in [0, 0.05) is 60.5 Å². The average molecular weight is 724 g/mol. The fraction of sp³-hybridized carbons (Fsp3) is 0.282. The van der Waals surface area contributed by atoms with E-state index in [2.05, 4.69) is 0 Å². The van der Waals surface area contributed by atoms with Gasteiger partial charge in [0.25, 0.3) is 0 Å². The van der Waals surface area contributed by atoms with Gasteiger partial charge in [0.05, 0.1) is 45.3 Å². The van der Waals surface area contributed by atoms with Gasteiger partial charge >= 0.3 is 6.18 Å². The first-order chi connectivity index (χ1) is 25.0. The molecule has 274 valence electrons. The third-order valence-corrected chi connectivity index (χ3v) is 8.24. The molecule has 0 atom stereocenters. The highest BCUT2D eigenvalue weighted by Gasteiger charge is 2.31. The van der Waals surface area contributed by atoms with Crippen LogP contribution >= 0.6 is 0 Å². The highest BCUT2D eigenvalue weighted by Crippen LogP contribution is 2.41. The zero-order valence-electron chi connectivity index (χ0n) is 28.6. The Hall–Kier alpha value is -5.11. The van der Waals surface area contributed by atoms with Crippen molar-refractivity contribution in [2.75, 3.05) is 47.2 Å². The molecule has 0 fully saturated rings. The van der Waals surface area contributed by atoms with Crippen LogP contribution in [0, 0.1) is 11.6 Å². The standard InChI is InChI=1S/C39H38F5N3O5/c1-49-29-13-15-31(33(40)22-29)36-37(32-16-14-30(50-2)23-34(32)41)47(38(46-36)27-9-11-28(12-10-27)39(42,43)44)24-25-5-7-26(8-6-25)35(48)4-3-18-51-20-21-52-19-17-45/h5-16,22-23H,3-4,17-21,24,45H2,1-2H3. The molecule has 5 aromatic rings. The van der Waals surface area contributed by atoms with Crippen LogP contribution in [0.5, 0.6) is 11.5 Å². The second kappa shape index (κ2) is 17.4. The number of benzene rings is 4. The van der Waals surface area contributed by atoms with Gasteiger partial charge in [-0.3, -0.25) is 4.79 Å². The van der Waals surface area contributed by atoms with Crippen molar-refractivity contribution in [2.45, 2.75) is 25.6 Å². The first-order valence-corrected chi connectivity index (χ1v) is 16.5. The Morgan fingerprint density at radius 3 is 1.92 bits per heavy atom. The van der Waals surface area contributed by atoms with Crippen molar-refractivity contribution in [3.05, 3.63) is 113 Å². The lowest BCUT2D eigenvalue weighted by Crippen LogP contribution is -2.12. The zero-order chi connectivity index (χ0) is 37.3. The van der Waals surface area contributed by atoms with E-state index in [1.165, 1.54) is 56.7 Å². The Morgan fingerprint density at radius 1 is 0.769 bits per heavy atom. The Morgan fingerprint density at radius 2 is 1.37 bits per heavy atom. The summed E-state index contributed by atoms with van der Waals surface area (Å²) in [5.74, 6) is -0.820. The molecule has 2 N–H and O–H groups in total. The third kappa shape index (κ3) is 9.21. The molecule has 0 bridgehead atoms. The number of nitrogens with zero attached hydrogens (tertiary/aromatic N) is 2. The van der Waals surface area contributed by atoms with Crippen LogP contribution in [0.15, 0.2) is 84.9 Å². The van der Waals surface area contributed by atoms with Crippen molar-refractivity contribution >= 4 is 5.78 Å². The summed E-state index contributed by atoms with van der Waals surface area (Å²) in [6.45, 7) is 2.15. The van der Waals surface area contributed by atoms with Gasteiger partial charge < -0.3 is 29.2 Å². The Labute approximate surface area is 297 Å². The Balaban J connectivity index is 1.54. The number of alkyl halides is 3. The number of Topliss-reactive ketones (excluding diaryl/α,β-unsaturated/α-hetero) is 1. The summed E-state index contributed by atoms with van der Waals surface area (Å²) in [7, 11) is 2.78. The predicted octanol–water partition coefficient (Wildman–Crippen LogP) is 8.20. The number of rotatable bonds is 17. The fourth-order valence-corrected chi connectivity index (χ4v) is 5.59. The van der Waals surface area contributed by atoms with Gasteiger partial charge in [0.1, 0.15) is 34.7 Å². The quantitative estimate of drug-likeness (QED) is 0.0587. The second-order valence-corrected chi connectivity index (χ2v) is 11.7. The van der Waals surface area contributed by atoms with E-state index >= 15 is 8.78 Å². The molecule has 13 heteroatoms. The van der Waals surface area contributed by atoms with Crippen molar-refractivity contribution in [3.8, 4) is 45.4 Å². The molecule has 0 radical (unpaired) electrons. The van der Waals surface area contributed by atoms with Crippen molar-refractivity contribution in [2.24, 2.45) is 5.73 Å². The number of hydrogen-bond donors (Lipinski definition) is 1. The van der Waals surface area contributed by atoms with E-state index in [4.69, 9.17) is 29.7 Å². The molecule has 4 aromatic carbocycles. The van der Waals surface area contributed by atoms with Crippen LogP contribution in [0.3, 0.4) is 0 Å². The van der Waals surface area contributed by atoms with Crippen molar-refractivity contribution < 1.29 is 45.7 Å². The summed E-state index contributed by atoms with van der Waals surface area (Å²) in [5.41, 5.74) is 6.25. The number of imidazole rings is 1. The van der Waals surface area contributed by atoms with Gasteiger partial charge in [-0.05, 0) is 48.4 Å². The molecule has 0 spiro atoms. The summed E-state index contributed by atoms with van der Waals surface area (Å²) < 4.78 is 94.8. The van der Waals surface area contributed by atoms with Gasteiger partial charge in [-0.1, -0.05) is 36.4 Å². The maximum Gasteiger partial charge on any atom is 0.416 e. The van der Waals surface area contributed by atoms with Gasteiger partial charge in [-0.2, -0.15) is 13.2 Å². The van der Waals surface area contributed by atoms with Crippen LogP contribution in [0.2, 0.25) is 0 Å². The van der Waals surface area contributed by atoms with Gasteiger partial charge in [0.2, 0.25) is 0 Å². The highest BCUT2D eigenvalue weighted by atomic mass is 19.4. The summed E-state index contributed by atoms with van der Waals surface area (Å²) in [6, 6.07) is 19.5. The summed E-state index contributed by atoms with van der Waals surface area (Å²) in [5, 5.41) is 0. The number of halogens is 5. The number of ketones is 1. The van der Waals surface area contributed by atoms with Gasteiger partial charge in [0.15, 0.2) is 5.78 Å². The van der Waals surface area contributed by atoms with Crippen LogP contribution in [0.1, 0.15) is 34.3 Å². The van der Waals surface area contributed by atoms with Crippen LogP contribution in [-0.2, 0) is 22.2 Å². The zero-order valence-corrected chi connectivity index (χ0v) is 28.6. The second-order valence-electron chi connectivity index (χ2n) is 11.7. The van der Waals surface area contributed by atoms with Crippen LogP contribution in [0.25, 0.3) is 33.9 Å². The minimum absolute atomic E-state index is 0.0194. The van der Waals surface area contributed by atoms with Crippen LogP contribution < -0.4 is 15.2 Å². The molecular formula is C39H38F5N3O5. The van der Waals surface area contributed by atoms with Crippen molar-refractivity contribution in [3.63, 3.8) is 0 Å². The number of carbonyl (C=O) groups excluding carboxylic acids is 1. The van der Waals surface area contributed by atoms with E-state index in [1.54, 1.807) is 34.9 Å². The maximum atomic E-state index is 15.9. The third-order valence-electron chi connectivity index (χ3n) is 8.24. The number of hydrogen-bond acceptors (Lipinski definition) is 7. The molecular weight excluding hydrogens is 685 g/mol. The lowest BCUT2D eigenvalue weighted by Gasteiger charge is -2.16. The molecule has 8 nitrogen and oxygen atoms in total. The number of nitrogens with two attached hydrogens (primary N) is 1. The molecule has 52 heavy (non-hydrogen) atoms. The minimum Gasteiger partial charge on any atom is -0.497 e. The molecule has 0 amide bonds. The van der Waals surface area contributed by atoms with Crippen molar-refractivity contribution in [1.82, 2.24) is 9.55 Å². The summed E-state index contributed by atoms with van der Waals surface area (Å²) in [6.07, 6.45) is -3.79. The fourth-order valence-electron chi connectivity index (χ4n) is 5.59. The lowest BCUT2D eigenvalue weighted by atomic mass is 10.0. The van der Waals surface area contributed by atoms with Gasteiger partial charge in [-0.25, -0.2) is 13.8 Å². The van der Waals surface area contributed by atoms with Crippen LogP contribution in [-0.4, -0.2) is 62.5 Å². The largest absolute Gasteiger partial charge is 0.497 e. The monoisotopic (exact) mass is 723 g/mol. The van der Waals surface area contributed by atoms with Gasteiger partial charge in [-0.15, -0.1) is 0 Å². The number of ether oxygens (including phenoxy) is 4. The Bertz CT molecular complexity index is 1960. The molecule has 0 aliphatic heterocycles. The van der Waals surface area contributed by atoms with E-state index in [0.717, 1.165) is 12.1 Å². The number of aromatic nitrogens is 2. The van der Waals surface area contributed by atoms with E-state index in [9.17, 15) is 18.0 Å². The normalized spacial score (nSPS) is 11.5. The molecule has 0 saturated heterocycles. The Kier molecular flexibility index (Phi) is 12.8. The van der Waals surface area contributed by atoms with E-state index in [-0.39, 0.29) is 64.2 Å². The molecule has 0 aliphatic rings. The van der Waals surface area contributed by atoms with Crippen molar-refractivity contribution in [1.29, 1.82) is 0 Å². The molecule has 1 aromatic heterocycles. The average Bonchev–Trinajstić information content (AvgIpc) is 3.50. The number of carbonyl (C=O) groups is 1. The van der Waals surface area contributed by atoms with E-state index in [1.807, 2.05) is 0 Å². The highest BCUT2D eigenvalue weighted by molar-refractivity contribution is 5.96. The molecule has 5 rings (SSSR count). The first kappa shape index (κ1) is 38.1. The minimum atomic E-state index is -4.58. The summed E-state index contributed by atoms with van der Waals surface area (Å²) >= 11 is 0. The predicted molar refractivity (Wildman–Crippen MR) is 186 cm³/mol. The summed E-state index contributed by atoms with van der Waals surface area (Å²) in [4.78, 5) is 17.7. The maximum absolute atomic E-state index is 15.9. The van der Waals surface area contributed by atoms with E-state index < -0.39 is 23.4 Å². The first-order valence-electron chi connectivity index (χ1n) is 16.5. The lowest BCUT2D eigenvalue weighted by molar-refractivity contribution is -0.137. The molecule has 0 aliphatic carbocycles. The smallest absolute Gasteiger partial charge is 0.416 e. The number of methoxy groups -OCH3 is 2. The molecule has 0 unspecified atom stereocenters. The molecule has 1 heterocycles. The van der Waals surface area contributed by atoms with Crippen LogP contribution in [0.4, 0.5) is 22.0 Å².